The van der Waals surface area contributed by atoms with Crippen molar-refractivity contribution in [1.29, 1.82) is 0 Å². The molecule has 2 rings (SSSR count). The third kappa shape index (κ3) is 4.37. The van der Waals surface area contributed by atoms with Gasteiger partial charge >= 0.3 is 5.97 Å². The molecule has 3 nitrogen and oxygen atoms in total. The van der Waals surface area contributed by atoms with E-state index < -0.39 is 0 Å². The Morgan fingerprint density at radius 2 is 2.00 bits per heavy atom. The van der Waals surface area contributed by atoms with Gasteiger partial charge in [0, 0.05) is 5.02 Å². The van der Waals surface area contributed by atoms with Crippen LogP contribution in [0.25, 0.3) is 0 Å². The molecule has 1 N–H and O–H groups in total. The summed E-state index contributed by atoms with van der Waals surface area (Å²) in [4.78, 5) is 13.6. The smallest absolute Gasteiger partial charge is 0.340 e. The summed E-state index contributed by atoms with van der Waals surface area (Å²) in [6.07, 6.45) is 3.73. The predicted octanol–water partition coefficient (Wildman–Crippen LogP) is 2.61. The lowest BCUT2D eigenvalue weighted by Crippen LogP contribution is -3.13. The van der Waals surface area contributed by atoms with Crippen molar-refractivity contribution in [3.05, 3.63) is 33.8 Å². The van der Waals surface area contributed by atoms with Crippen LogP contribution >= 0.6 is 23.2 Å². The molecule has 1 aromatic carbocycles. The first-order chi connectivity index (χ1) is 9.56. The van der Waals surface area contributed by atoms with Gasteiger partial charge in [-0.05, 0) is 44.4 Å². The number of halogens is 2. The number of piperidine rings is 1. The van der Waals surface area contributed by atoms with Gasteiger partial charge in [0.25, 0.3) is 0 Å². The molecule has 0 saturated carbocycles. The van der Waals surface area contributed by atoms with E-state index in [4.69, 9.17) is 27.9 Å². The summed E-state index contributed by atoms with van der Waals surface area (Å²) >= 11 is 11.8. The van der Waals surface area contributed by atoms with E-state index >= 15 is 0 Å². The summed E-state index contributed by atoms with van der Waals surface area (Å²) in [7, 11) is 0. The highest BCUT2D eigenvalue weighted by molar-refractivity contribution is 6.36. The molecular formula is C15H20Cl2NO2+. The van der Waals surface area contributed by atoms with E-state index in [0.29, 0.717) is 15.6 Å². The largest absolute Gasteiger partial charge is 0.453 e. The molecule has 1 saturated heterocycles. The molecule has 1 aliphatic rings. The van der Waals surface area contributed by atoms with Gasteiger partial charge in [-0.2, -0.15) is 0 Å². The Labute approximate surface area is 129 Å². The molecule has 1 fully saturated rings. The summed E-state index contributed by atoms with van der Waals surface area (Å²) in [5.41, 5.74) is 0.372. The fourth-order valence-corrected chi connectivity index (χ4v) is 3.09. The second-order valence-electron chi connectivity index (χ2n) is 5.35. The molecule has 0 unspecified atom stereocenters. The maximum atomic E-state index is 12.1. The molecule has 1 atom stereocenters. The summed E-state index contributed by atoms with van der Waals surface area (Å²) in [6, 6.07) is 4.80. The topological polar surface area (TPSA) is 30.7 Å². The van der Waals surface area contributed by atoms with Crippen LogP contribution in [0.3, 0.4) is 0 Å². The number of ether oxygens (including phenoxy) is 1. The average Bonchev–Trinajstić information content (AvgIpc) is 2.39. The van der Waals surface area contributed by atoms with E-state index in [1.165, 1.54) is 37.3 Å². The second-order valence-corrected chi connectivity index (χ2v) is 6.20. The third-order valence-corrected chi connectivity index (χ3v) is 4.14. The monoisotopic (exact) mass is 316 g/mol. The van der Waals surface area contributed by atoms with E-state index in [1.807, 2.05) is 6.92 Å². The molecule has 0 aromatic heterocycles. The van der Waals surface area contributed by atoms with Gasteiger partial charge in [0.1, 0.15) is 12.6 Å². The lowest BCUT2D eigenvalue weighted by molar-refractivity contribution is -0.907. The number of likely N-dealkylation sites (tertiary alicyclic amines) is 1. The van der Waals surface area contributed by atoms with Gasteiger partial charge in [-0.15, -0.1) is 0 Å². The standard InChI is InChI=1S/C15H19Cl2NO2/c1-11(10-18-7-3-2-4-8-18)20-15(19)13-6-5-12(16)9-14(13)17/h5-6,9,11H,2-4,7-8,10H2,1H3/p+1/t11-/m0/s1. The van der Waals surface area contributed by atoms with Crippen molar-refractivity contribution >= 4 is 29.2 Å². The van der Waals surface area contributed by atoms with Crippen LogP contribution < -0.4 is 4.90 Å². The molecular weight excluding hydrogens is 297 g/mol. The number of benzene rings is 1. The Bertz CT molecular complexity index is 473. The van der Waals surface area contributed by atoms with Gasteiger partial charge in [0.2, 0.25) is 0 Å². The molecule has 20 heavy (non-hydrogen) atoms. The maximum absolute atomic E-state index is 12.1. The zero-order valence-corrected chi connectivity index (χ0v) is 13.1. The summed E-state index contributed by atoms with van der Waals surface area (Å²) < 4.78 is 5.47. The zero-order chi connectivity index (χ0) is 14.5. The number of carbonyl (C=O) groups excluding carboxylic acids is 1. The van der Waals surface area contributed by atoms with Gasteiger partial charge in [-0.25, -0.2) is 4.79 Å². The maximum Gasteiger partial charge on any atom is 0.340 e. The molecule has 1 heterocycles. The number of nitrogens with one attached hydrogen (secondary N) is 1. The highest BCUT2D eigenvalue weighted by Crippen LogP contribution is 2.21. The van der Waals surface area contributed by atoms with Gasteiger partial charge in [0.05, 0.1) is 23.7 Å². The van der Waals surface area contributed by atoms with Crippen LogP contribution in [0.4, 0.5) is 0 Å². The van der Waals surface area contributed by atoms with E-state index in [1.54, 1.807) is 18.2 Å². The SMILES string of the molecule is C[C@@H](C[NH+]1CCCCC1)OC(=O)c1ccc(Cl)cc1Cl. The highest BCUT2D eigenvalue weighted by atomic mass is 35.5. The number of rotatable bonds is 4. The van der Waals surface area contributed by atoms with E-state index in [9.17, 15) is 4.79 Å². The first kappa shape index (κ1) is 15.6. The molecule has 0 radical (unpaired) electrons. The Hall–Kier alpha value is -0.770. The van der Waals surface area contributed by atoms with Crippen molar-refractivity contribution in [2.75, 3.05) is 19.6 Å². The minimum atomic E-state index is -0.379. The molecule has 110 valence electrons. The van der Waals surface area contributed by atoms with Crippen molar-refractivity contribution in [2.45, 2.75) is 32.3 Å². The van der Waals surface area contributed by atoms with Crippen LogP contribution in [0.1, 0.15) is 36.5 Å². The summed E-state index contributed by atoms with van der Waals surface area (Å²) in [5, 5.41) is 0.845. The highest BCUT2D eigenvalue weighted by Gasteiger charge is 2.21. The molecule has 0 amide bonds. The number of quaternary nitrogens is 1. The van der Waals surface area contributed by atoms with Crippen LogP contribution in [0.15, 0.2) is 18.2 Å². The number of carbonyl (C=O) groups is 1. The normalized spacial score (nSPS) is 17.8. The first-order valence-corrected chi connectivity index (χ1v) is 7.81. The lowest BCUT2D eigenvalue weighted by atomic mass is 10.1. The van der Waals surface area contributed by atoms with Crippen LogP contribution in [-0.2, 0) is 4.74 Å². The number of esters is 1. The molecule has 1 aliphatic heterocycles. The minimum Gasteiger partial charge on any atom is -0.453 e. The first-order valence-electron chi connectivity index (χ1n) is 7.06. The quantitative estimate of drug-likeness (QED) is 0.866. The van der Waals surface area contributed by atoms with E-state index in [2.05, 4.69) is 0 Å². The lowest BCUT2D eigenvalue weighted by Gasteiger charge is -2.26. The molecule has 0 aliphatic carbocycles. The van der Waals surface area contributed by atoms with Crippen LogP contribution in [0.2, 0.25) is 10.0 Å². The van der Waals surface area contributed by atoms with Gasteiger partial charge < -0.3 is 9.64 Å². The number of hydrogen-bond donors (Lipinski definition) is 1. The Kier molecular flexibility index (Phi) is 5.70. The fraction of sp³-hybridized carbons (Fsp3) is 0.533. The van der Waals surface area contributed by atoms with Gasteiger partial charge in [-0.1, -0.05) is 23.2 Å². The number of hydrogen-bond acceptors (Lipinski definition) is 2. The van der Waals surface area contributed by atoms with Crippen LogP contribution in [-0.4, -0.2) is 31.7 Å². The molecule has 1 aromatic rings. The van der Waals surface area contributed by atoms with E-state index in [0.717, 1.165) is 6.54 Å². The van der Waals surface area contributed by atoms with E-state index in [-0.39, 0.29) is 12.1 Å². The molecule has 0 bridgehead atoms. The second kappa shape index (κ2) is 7.30. The fourth-order valence-electron chi connectivity index (χ4n) is 2.61. The summed E-state index contributed by atoms with van der Waals surface area (Å²) in [5.74, 6) is -0.379. The summed E-state index contributed by atoms with van der Waals surface area (Å²) in [6.45, 7) is 5.13. The van der Waals surface area contributed by atoms with Crippen LogP contribution in [0, 0.1) is 0 Å². The van der Waals surface area contributed by atoms with Crippen molar-refractivity contribution in [3.8, 4) is 0 Å². The Morgan fingerprint density at radius 1 is 1.30 bits per heavy atom. The van der Waals surface area contributed by atoms with Crippen molar-refractivity contribution in [2.24, 2.45) is 0 Å². The van der Waals surface area contributed by atoms with Crippen LogP contribution in [0.5, 0.6) is 0 Å². The predicted molar refractivity (Wildman–Crippen MR) is 80.8 cm³/mol. The van der Waals surface area contributed by atoms with Crippen molar-refractivity contribution in [1.82, 2.24) is 0 Å². The van der Waals surface area contributed by atoms with Crippen molar-refractivity contribution in [3.63, 3.8) is 0 Å². The zero-order valence-electron chi connectivity index (χ0n) is 11.6. The average molecular weight is 317 g/mol. The molecule has 0 spiro atoms. The van der Waals surface area contributed by atoms with Gasteiger partial charge in [0.15, 0.2) is 0 Å². The van der Waals surface area contributed by atoms with Gasteiger partial charge in [-0.3, -0.25) is 0 Å². The minimum absolute atomic E-state index is 0.109. The Morgan fingerprint density at radius 3 is 2.65 bits per heavy atom. The van der Waals surface area contributed by atoms with Crippen molar-refractivity contribution < 1.29 is 14.4 Å². The third-order valence-electron chi connectivity index (χ3n) is 3.60. The Balaban J connectivity index is 1.89. The molecule has 5 heteroatoms.